The molecule has 7 nitrogen and oxygen atoms in total. The first-order valence-electron chi connectivity index (χ1n) is 14.1. The number of carbonyl (C=O) groups is 1. The molecule has 0 bridgehead atoms. The minimum Gasteiger partial charge on any atom is -0.465 e. The largest absolute Gasteiger partial charge is 0.465 e. The number of aromatic nitrogens is 1. The van der Waals surface area contributed by atoms with Gasteiger partial charge >= 0.3 is 11.6 Å². The summed E-state index contributed by atoms with van der Waals surface area (Å²) in [5.74, 6) is -0.610. The fourth-order valence-electron chi connectivity index (χ4n) is 5.44. The highest BCUT2D eigenvalue weighted by atomic mass is 16.5. The Bertz CT molecular complexity index is 1760. The third-order valence-electron chi connectivity index (χ3n) is 7.46. The number of carbonyl (C=O) groups excluding carboxylic acids is 1. The molecular formula is C33H36N2O5. The number of unbranched alkanes of at least 4 members (excludes halogenated alkanes) is 3. The Hall–Kier alpha value is -4.13. The van der Waals surface area contributed by atoms with Gasteiger partial charge in [0.05, 0.1) is 12.7 Å². The molecule has 0 unspecified atom stereocenters. The van der Waals surface area contributed by atoms with E-state index in [1.807, 2.05) is 56.3 Å². The molecule has 40 heavy (non-hydrogen) atoms. The van der Waals surface area contributed by atoms with E-state index in [-0.39, 0.29) is 17.0 Å². The Balaban J connectivity index is 1.67. The van der Waals surface area contributed by atoms with Crippen LogP contribution in [0.15, 0.2) is 56.1 Å². The molecule has 0 saturated heterocycles. The zero-order valence-electron chi connectivity index (χ0n) is 23.9. The van der Waals surface area contributed by atoms with Crippen molar-refractivity contribution in [2.24, 2.45) is 0 Å². The summed E-state index contributed by atoms with van der Waals surface area (Å²) < 4.78 is 17.1. The number of anilines is 1. The van der Waals surface area contributed by atoms with E-state index >= 15 is 0 Å². The first-order valence-corrected chi connectivity index (χ1v) is 14.1. The van der Waals surface area contributed by atoms with Gasteiger partial charge < -0.3 is 18.5 Å². The fraction of sp³-hybridized carbons (Fsp3) is 0.364. The number of nitrogens with zero attached hydrogens (tertiary/aromatic N) is 2. The number of hydrogen-bond acceptors (Lipinski definition) is 7. The number of aryl methyl sites for hydroxylation is 2. The second kappa shape index (κ2) is 11.5. The van der Waals surface area contributed by atoms with Crippen LogP contribution in [0.4, 0.5) is 5.69 Å². The van der Waals surface area contributed by atoms with Crippen molar-refractivity contribution < 1.29 is 18.4 Å². The Kier molecular flexibility index (Phi) is 7.92. The van der Waals surface area contributed by atoms with E-state index in [1.54, 1.807) is 0 Å². The average molecular weight is 541 g/mol. The van der Waals surface area contributed by atoms with E-state index in [2.05, 4.69) is 18.7 Å². The summed E-state index contributed by atoms with van der Waals surface area (Å²) in [4.78, 5) is 33.7. The summed E-state index contributed by atoms with van der Waals surface area (Å²) >= 11 is 0. The van der Waals surface area contributed by atoms with Gasteiger partial charge in [-0.1, -0.05) is 50.8 Å². The number of oxazole rings is 1. The van der Waals surface area contributed by atoms with E-state index in [0.29, 0.717) is 22.1 Å². The number of hydrogen-bond donors (Lipinski definition) is 0. The Morgan fingerprint density at radius 2 is 1.75 bits per heavy atom. The summed E-state index contributed by atoms with van der Waals surface area (Å²) in [6.45, 7) is 10.1. The molecule has 208 valence electrons. The molecule has 0 aliphatic rings. The Labute approximate surface area is 233 Å². The van der Waals surface area contributed by atoms with Gasteiger partial charge in [0, 0.05) is 35.6 Å². The van der Waals surface area contributed by atoms with Crippen molar-refractivity contribution in [2.75, 3.05) is 25.1 Å². The van der Waals surface area contributed by atoms with E-state index in [0.717, 1.165) is 53.5 Å². The van der Waals surface area contributed by atoms with Crippen LogP contribution in [0, 0.1) is 13.8 Å². The van der Waals surface area contributed by atoms with Gasteiger partial charge in [0.1, 0.15) is 16.7 Å². The van der Waals surface area contributed by atoms with Crippen LogP contribution in [0.2, 0.25) is 0 Å². The average Bonchev–Trinajstić information content (AvgIpc) is 3.40. The Morgan fingerprint density at radius 1 is 0.925 bits per heavy atom. The lowest BCUT2D eigenvalue weighted by Crippen LogP contribution is -2.25. The first kappa shape index (κ1) is 27.4. The fourth-order valence-corrected chi connectivity index (χ4v) is 5.44. The molecule has 0 atom stereocenters. The van der Waals surface area contributed by atoms with Crippen molar-refractivity contribution in [3.05, 3.63) is 69.6 Å². The molecule has 5 rings (SSSR count). The number of benzene rings is 3. The maximum Gasteiger partial charge on any atom is 0.350 e. The van der Waals surface area contributed by atoms with Crippen LogP contribution in [-0.2, 0) is 4.74 Å². The maximum absolute atomic E-state index is 13.5. The predicted molar refractivity (Wildman–Crippen MR) is 160 cm³/mol. The molecule has 0 fully saturated rings. The molecule has 0 spiro atoms. The monoisotopic (exact) mass is 540 g/mol. The van der Waals surface area contributed by atoms with Crippen LogP contribution in [-0.4, -0.2) is 31.2 Å². The summed E-state index contributed by atoms with van der Waals surface area (Å²) in [5, 5.41) is 2.42. The minimum atomic E-state index is -0.695. The molecule has 0 N–H and O–H groups in total. The van der Waals surface area contributed by atoms with E-state index < -0.39 is 11.6 Å². The maximum atomic E-state index is 13.5. The summed E-state index contributed by atoms with van der Waals surface area (Å²) in [6, 6.07) is 13.8. The van der Waals surface area contributed by atoms with Gasteiger partial charge in [0.15, 0.2) is 5.58 Å². The lowest BCUT2D eigenvalue weighted by Gasteiger charge is -2.24. The predicted octanol–water partition coefficient (Wildman–Crippen LogP) is 7.95. The van der Waals surface area contributed by atoms with Gasteiger partial charge in [-0.2, -0.15) is 0 Å². The minimum absolute atomic E-state index is 0.0338. The van der Waals surface area contributed by atoms with Crippen LogP contribution in [0.5, 0.6) is 0 Å². The molecular weight excluding hydrogens is 504 g/mol. The lowest BCUT2D eigenvalue weighted by atomic mass is 10.0. The van der Waals surface area contributed by atoms with Gasteiger partial charge in [-0.25, -0.2) is 14.6 Å². The number of fused-ring (bicyclic) bond motifs is 4. The summed E-state index contributed by atoms with van der Waals surface area (Å²) in [7, 11) is 1.30. The number of rotatable bonds is 10. The van der Waals surface area contributed by atoms with Crippen molar-refractivity contribution in [2.45, 2.75) is 59.8 Å². The zero-order chi connectivity index (χ0) is 28.4. The highest BCUT2D eigenvalue weighted by Crippen LogP contribution is 2.35. The molecule has 0 amide bonds. The topological polar surface area (TPSA) is 85.8 Å². The third kappa shape index (κ3) is 5.08. The number of methoxy groups -OCH3 is 1. The SMILES string of the molecule is CCCCCCN(CCC)c1ccc2c(C(=O)OC)c(-c3nc4c(o3)c(C)cc3ccc(C)cc34)c(=O)oc2c1. The molecule has 7 heteroatoms. The van der Waals surface area contributed by atoms with Crippen molar-refractivity contribution in [1.82, 2.24) is 4.98 Å². The normalized spacial score (nSPS) is 11.5. The standard InChI is InChI=1S/C33H36N2O5/c1-6-8-9-10-16-35(15-7-2)23-13-14-24-26(19-23)39-33(37)28(27(24)32(36)38-5)31-34-29-25-17-20(3)11-12-22(25)18-21(4)30(29)40-31/h11-14,17-19H,6-10,15-16H2,1-5H3. The number of ether oxygens (including phenoxy) is 1. The van der Waals surface area contributed by atoms with Crippen LogP contribution < -0.4 is 10.5 Å². The van der Waals surface area contributed by atoms with Crippen molar-refractivity contribution in [3.8, 4) is 11.5 Å². The van der Waals surface area contributed by atoms with Crippen molar-refractivity contribution in [1.29, 1.82) is 0 Å². The van der Waals surface area contributed by atoms with E-state index in [4.69, 9.17) is 18.6 Å². The smallest absolute Gasteiger partial charge is 0.350 e. The van der Waals surface area contributed by atoms with Gasteiger partial charge in [-0.3, -0.25) is 0 Å². The van der Waals surface area contributed by atoms with Gasteiger partial charge in [-0.05, 0) is 61.9 Å². The quantitative estimate of drug-likeness (QED) is 0.101. The van der Waals surface area contributed by atoms with E-state index in [9.17, 15) is 9.59 Å². The number of esters is 1. The highest BCUT2D eigenvalue weighted by molar-refractivity contribution is 6.10. The second-order valence-electron chi connectivity index (χ2n) is 10.5. The molecule has 2 heterocycles. The van der Waals surface area contributed by atoms with Crippen LogP contribution in [0.1, 0.15) is 67.4 Å². The first-order chi connectivity index (χ1) is 19.4. The van der Waals surface area contributed by atoms with Crippen LogP contribution in [0.25, 0.3) is 44.3 Å². The molecule has 5 aromatic rings. The third-order valence-corrected chi connectivity index (χ3v) is 7.46. The summed E-state index contributed by atoms with van der Waals surface area (Å²) in [6.07, 6.45) is 5.65. The van der Waals surface area contributed by atoms with E-state index in [1.165, 1.54) is 26.4 Å². The molecule has 2 aromatic heterocycles. The highest BCUT2D eigenvalue weighted by Gasteiger charge is 2.27. The molecule has 0 radical (unpaired) electrons. The van der Waals surface area contributed by atoms with Gasteiger partial charge in [0.2, 0.25) is 5.89 Å². The zero-order valence-corrected chi connectivity index (χ0v) is 23.9. The molecule has 0 saturated carbocycles. The molecule has 0 aliphatic carbocycles. The van der Waals surface area contributed by atoms with Crippen LogP contribution >= 0.6 is 0 Å². The summed E-state index contributed by atoms with van der Waals surface area (Å²) in [5.41, 5.74) is 3.82. The van der Waals surface area contributed by atoms with Gasteiger partial charge in [-0.15, -0.1) is 0 Å². The van der Waals surface area contributed by atoms with Crippen molar-refractivity contribution >= 4 is 44.5 Å². The Morgan fingerprint density at radius 3 is 2.50 bits per heavy atom. The second-order valence-corrected chi connectivity index (χ2v) is 10.5. The lowest BCUT2D eigenvalue weighted by molar-refractivity contribution is 0.0603. The van der Waals surface area contributed by atoms with Crippen molar-refractivity contribution in [3.63, 3.8) is 0 Å². The molecule has 0 aliphatic heterocycles. The van der Waals surface area contributed by atoms with Gasteiger partial charge in [0.25, 0.3) is 0 Å². The molecule has 3 aromatic carbocycles. The van der Waals surface area contributed by atoms with Crippen LogP contribution in [0.3, 0.4) is 0 Å².